The molecule has 0 aliphatic rings. The second kappa shape index (κ2) is 6.26. The number of benzene rings is 1. The number of phenols is 1. The van der Waals surface area contributed by atoms with E-state index >= 15 is 0 Å². The minimum Gasteiger partial charge on any atom is -0.508 e. The standard InChI is InChI=1S/C11H11N5O2S2/c1-6(7-2-4-8(17)5-3-7)13-14-9(18)12-10-15-16-11(19)20-10/h2-5,17H,1H3,(H,16,19)(H2,12,14,15,18)/b13-6+. The number of nitrogens with one attached hydrogen (secondary N) is 3. The van der Waals surface area contributed by atoms with E-state index in [0.29, 0.717) is 14.8 Å². The van der Waals surface area contributed by atoms with Gasteiger partial charge in [0.2, 0.25) is 5.13 Å². The quantitative estimate of drug-likeness (QED) is 0.397. The molecule has 104 valence electrons. The number of aromatic hydroxyl groups is 1. The summed E-state index contributed by atoms with van der Waals surface area (Å²) in [6, 6.07) is 5.98. The molecule has 0 bridgehead atoms. The van der Waals surface area contributed by atoms with Gasteiger partial charge in [0.1, 0.15) is 5.75 Å². The highest BCUT2D eigenvalue weighted by Crippen LogP contribution is 2.11. The molecule has 0 aliphatic heterocycles. The maximum absolute atomic E-state index is 11.6. The van der Waals surface area contributed by atoms with Gasteiger partial charge in [-0.15, -0.1) is 5.10 Å². The van der Waals surface area contributed by atoms with Crippen LogP contribution in [0.25, 0.3) is 0 Å². The van der Waals surface area contributed by atoms with Gasteiger partial charge in [-0.2, -0.15) is 5.10 Å². The smallest absolute Gasteiger partial charge is 0.341 e. The van der Waals surface area contributed by atoms with Crippen molar-refractivity contribution in [2.75, 3.05) is 5.32 Å². The number of carbonyl (C=O) groups is 1. The Labute approximate surface area is 123 Å². The molecule has 0 aliphatic carbocycles. The van der Waals surface area contributed by atoms with Crippen LogP contribution >= 0.6 is 23.6 Å². The number of anilines is 1. The number of nitrogens with zero attached hydrogens (tertiary/aromatic N) is 2. The van der Waals surface area contributed by atoms with Gasteiger partial charge in [-0.1, -0.05) is 11.3 Å². The maximum atomic E-state index is 11.6. The second-order valence-electron chi connectivity index (χ2n) is 3.73. The van der Waals surface area contributed by atoms with Crippen molar-refractivity contribution in [1.29, 1.82) is 0 Å². The molecule has 0 fully saturated rings. The third-order valence-electron chi connectivity index (χ3n) is 2.27. The first-order chi connectivity index (χ1) is 9.54. The Morgan fingerprint density at radius 2 is 2.15 bits per heavy atom. The highest BCUT2D eigenvalue weighted by atomic mass is 32.1. The topological polar surface area (TPSA) is 102 Å². The van der Waals surface area contributed by atoms with E-state index in [9.17, 15) is 9.90 Å². The molecule has 2 rings (SSSR count). The van der Waals surface area contributed by atoms with Gasteiger partial charge >= 0.3 is 6.03 Å². The third-order valence-corrected chi connectivity index (χ3v) is 3.27. The fourth-order valence-corrected chi connectivity index (χ4v) is 2.09. The molecule has 0 radical (unpaired) electrons. The molecule has 4 N–H and O–H groups in total. The number of hydrogen-bond donors (Lipinski definition) is 4. The monoisotopic (exact) mass is 309 g/mol. The number of rotatable bonds is 3. The Hall–Kier alpha value is -2.26. The Morgan fingerprint density at radius 3 is 2.75 bits per heavy atom. The number of phenolic OH excluding ortho intramolecular Hbond substituents is 1. The summed E-state index contributed by atoms with van der Waals surface area (Å²) in [5.41, 5.74) is 3.74. The van der Waals surface area contributed by atoms with Crippen LogP contribution in [0.15, 0.2) is 29.4 Å². The van der Waals surface area contributed by atoms with Crippen LogP contribution in [-0.4, -0.2) is 27.0 Å². The van der Waals surface area contributed by atoms with Crippen LogP contribution in [0.5, 0.6) is 5.75 Å². The van der Waals surface area contributed by atoms with Crippen LogP contribution < -0.4 is 10.7 Å². The first-order valence-corrected chi connectivity index (χ1v) is 6.73. The van der Waals surface area contributed by atoms with Crippen molar-refractivity contribution in [1.82, 2.24) is 15.6 Å². The normalized spacial score (nSPS) is 11.2. The fraction of sp³-hybridized carbons (Fsp3) is 0.0909. The van der Waals surface area contributed by atoms with Crippen LogP contribution in [0.3, 0.4) is 0 Å². The Morgan fingerprint density at radius 1 is 1.45 bits per heavy atom. The fourth-order valence-electron chi connectivity index (χ4n) is 1.31. The highest BCUT2D eigenvalue weighted by molar-refractivity contribution is 7.73. The summed E-state index contributed by atoms with van der Waals surface area (Å²) >= 11 is 6.00. The molecule has 0 saturated heterocycles. The number of hydrogen-bond acceptors (Lipinski definition) is 6. The van der Waals surface area contributed by atoms with Crippen molar-refractivity contribution in [2.45, 2.75) is 6.92 Å². The number of carbonyl (C=O) groups excluding carboxylic acids is 1. The molecular weight excluding hydrogens is 298 g/mol. The molecule has 20 heavy (non-hydrogen) atoms. The van der Waals surface area contributed by atoms with Crippen molar-refractivity contribution in [3.8, 4) is 5.75 Å². The number of aromatic nitrogens is 2. The Bertz CT molecular complexity index is 689. The van der Waals surface area contributed by atoms with Gasteiger partial charge in [-0.25, -0.2) is 10.2 Å². The van der Waals surface area contributed by atoms with Crippen molar-refractivity contribution in [3.63, 3.8) is 0 Å². The summed E-state index contributed by atoms with van der Waals surface area (Å²) in [5.74, 6) is 0.173. The number of H-pyrrole nitrogens is 1. The molecule has 0 atom stereocenters. The average Bonchev–Trinajstić information content (AvgIpc) is 2.82. The molecule has 0 unspecified atom stereocenters. The molecule has 0 spiro atoms. The molecule has 7 nitrogen and oxygen atoms in total. The number of aromatic amines is 1. The molecule has 0 saturated carbocycles. The molecule has 1 aromatic heterocycles. The van der Waals surface area contributed by atoms with Crippen molar-refractivity contribution >= 4 is 40.4 Å². The molecular formula is C11H11N5O2S2. The van der Waals surface area contributed by atoms with Crippen molar-refractivity contribution < 1.29 is 9.90 Å². The van der Waals surface area contributed by atoms with Crippen molar-refractivity contribution in [3.05, 3.63) is 33.8 Å². The summed E-state index contributed by atoms with van der Waals surface area (Å²) in [6.07, 6.45) is 0. The predicted molar refractivity (Wildman–Crippen MR) is 79.8 cm³/mol. The van der Waals surface area contributed by atoms with Crippen LogP contribution in [0, 0.1) is 3.95 Å². The van der Waals surface area contributed by atoms with E-state index in [-0.39, 0.29) is 5.75 Å². The third kappa shape index (κ3) is 3.87. The predicted octanol–water partition coefficient (Wildman–Crippen LogP) is 2.45. The van der Waals surface area contributed by atoms with Crippen LogP contribution in [-0.2, 0) is 0 Å². The summed E-state index contributed by atoms with van der Waals surface area (Å²) < 4.78 is 0.476. The van der Waals surface area contributed by atoms with E-state index in [4.69, 9.17) is 12.2 Å². The van der Waals surface area contributed by atoms with E-state index in [1.54, 1.807) is 31.2 Å². The summed E-state index contributed by atoms with van der Waals surface area (Å²) in [5, 5.41) is 22.3. The Kier molecular flexibility index (Phi) is 4.43. The molecule has 9 heteroatoms. The lowest BCUT2D eigenvalue weighted by Crippen LogP contribution is -2.25. The SMILES string of the molecule is C/C(=N\NC(=O)Nc1n[nH]c(=S)s1)c1ccc(O)cc1. The summed E-state index contributed by atoms with van der Waals surface area (Å²) in [4.78, 5) is 11.6. The zero-order valence-corrected chi connectivity index (χ0v) is 12.0. The van der Waals surface area contributed by atoms with Gasteiger partial charge in [-0.05, 0) is 49.0 Å². The number of hydrazone groups is 1. The Balaban J connectivity index is 1.96. The van der Waals surface area contributed by atoms with Gasteiger partial charge in [0.25, 0.3) is 0 Å². The van der Waals surface area contributed by atoms with Gasteiger partial charge in [0, 0.05) is 0 Å². The first-order valence-electron chi connectivity index (χ1n) is 5.51. The van der Waals surface area contributed by atoms with Crippen LogP contribution in [0.4, 0.5) is 9.93 Å². The summed E-state index contributed by atoms with van der Waals surface area (Å²) in [6.45, 7) is 1.74. The minimum absolute atomic E-state index is 0.173. The second-order valence-corrected chi connectivity index (χ2v) is 5.39. The lowest BCUT2D eigenvalue weighted by molar-refractivity contribution is 0.252. The average molecular weight is 309 g/mol. The zero-order chi connectivity index (χ0) is 14.5. The molecule has 1 aromatic carbocycles. The van der Waals surface area contributed by atoms with E-state index in [1.165, 1.54) is 0 Å². The number of urea groups is 1. The zero-order valence-electron chi connectivity index (χ0n) is 10.4. The number of amides is 2. The lowest BCUT2D eigenvalue weighted by Gasteiger charge is -2.03. The lowest BCUT2D eigenvalue weighted by atomic mass is 10.1. The largest absolute Gasteiger partial charge is 0.508 e. The van der Waals surface area contributed by atoms with Gasteiger partial charge < -0.3 is 5.11 Å². The maximum Gasteiger partial charge on any atom is 0.341 e. The highest BCUT2D eigenvalue weighted by Gasteiger charge is 2.04. The van der Waals surface area contributed by atoms with Crippen LogP contribution in [0.1, 0.15) is 12.5 Å². The van der Waals surface area contributed by atoms with E-state index in [2.05, 4.69) is 26.0 Å². The van der Waals surface area contributed by atoms with Gasteiger partial charge in [0.05, 0.1) is 5.71 Å². The first kappa shape index (κ1) is 14.2. The van der Waals surface area contributed by atoms with Crippen molar-refractivity contribution in [2.24, 2.45) is 5.10 Å². The summed E-state index contributed by atoms with van der Waals surface area (Å²) in [7, 11) is 0. The molecule has 2 amide bonds. The van der Waals surface area contributed by atoms with E-state index < -0.39 is 6.03 Å². The van der Waals surface area contributed by atoms with E-state index in [0.717, 1.165) is 16.9 Å². The van der Waals surface area contributed by atoms with Gasteiger partial charge in [0.15, 0.2) is 3.95 Å². The molecule has 1 heterocycles. The molecule has 2 aromatic rings. The van der Waals surface area contributed by atoms with E-state index in [1.807, 2.05) is 0 Å². The van der Waals surface area contributed by atoms with Crippen LogP contribution in [0.2, 0.25) is 0 Å². The van der Waals surface area contributed by atoms with Gasteiger partial charge in [-0.3, -0.25) is 10.4 Å². The minimum atomic E-state index is -0.513.